The van der Waals surface area contributed by atoms with E-state index < -0.39 is 24.5 Å². The summed E-state index contributed by atoms with van der Waals surface area (Å²) in [4.78, 5) is 0. The van der Waals surface area contributed by atoms with Crippen molar-refractivity contribution in [3.05, 3.63) is 0 Å². The van der Waals surface area contributed by atoms with Gasteiger partial charge in [-0.1, -0.05) is 0 Å². The van der Waals surface area contributed by atoms with Crippen molar-refractivity contribution in [1.82, 2.24) is 0 Å². The predicted molar refractivity (Wildman–Crippen MR) is 31.9 cm³/mol. The van der Waals surface area contributed by atoms with Gasteiger partial charge in [0.15, 0.2) is 0 Å². The first-order valence-electron chi connectivity index (χ1n) is 3.04. The Morgan fingerprint density at radius 1 is 0.933 bits per heavy atom. The Morgan fingerprint density at radius 2 is 1.33 bits per heavy atom. The second-order valence-corrected chi connectivity index (χ2v) is 2.35. The summed E-state index contributed by atoms with van der Waals surface area (Å²) in [5.74, 6) is 0. The smallest absolute Gasteiger partial charge is 1.00 e. The molecule has 1 heterocycles. The zero-order chi connectivity index (χ0) is 7.72. The maximum atomic E-state index is 8.96. The Morgan fingerprint density at radius 3 is 1.67 bits per heavy atom. The van der Waals surface area contributed by atoms with Gasteiger partial charge in [0, 0.05) is 0 Å². The van der Waals surface area contributed by atoms with Gasteiger partial charge < -0.3 is 75.4 Å². The molecule has 0 aliphatic carbocycles. The van der Waals surface area contributed by atoms with Gasteiger partial charge in [-0.2, -0.15) is 0 Å². The Balaban J connectivity index is -0.0000000667. The molecule has 1 aliphatic rings. The van der Waals surface area contributed by atoms with Crippen LogP contribution < -0.4 is 55.4 Å². The molecule has 0 bridgehead atoms. The van der Waals surface area contributed by atoms with Gasteiger partial charge in [0.1, 0.15) is 24.5 Å². The third-order valence-corrected chi connectivity index (χ3v) is 1.54. The zero-order valence-electron chi connectivity index (χ0n) is 7.17. The van der Waals surface area contributed by atoms with E-state index in [1.807, 2.05) is 0 Å². The maximum absolute atomic E-state index is 8.96. The van der Waals surface area contributed by atoms with E-state index in [1.165, 1.54) is 0 Å². The number of rotatable bonds is 0. The molecular formula is C5H11Cl4NO4Pt. The molecule has 0 aromatic heterocycles. The topological polar surface area (TPSA) is 95.9 Å². The monoisotopic (exact) mass is 484 g/mol. The Hall–Kier alpha value is 1.65. The molecule has 15 heavy (non-hydrogen) atoms. The van der Waals surface area contributed by atoms with Crippen molar-refractivity contribution in [3.8, 4) is 0 Å². The SMILES string of the molecule is N[C@H]1OC[C@@H](O)[C@H](O)[C@@H]1O.[Cl-].[Cl-].[Cl-].[Cl-].[Pt+4]. The van der Waals surface area contributed by atoms with E-state index in [4.69, 9.17) is 25.8 Å². The van der Waals surface area contributed by atoms with E-state index in [-0.39, 0.29) is 77.3 Å². The van der Waals surface area contributed by atoms with Gasteiger partial charge in [-0.3, -0.25) is 0 Å². The molecule has 0 radical (unpaired) electrons. The molecule has 0 unspecified atom stereocenters. The van der Waals surface area contributed by atoms with E-state index in [2.05, 4.69) is 0 Å². The van der Waals surface area contributed by atoms with E-state index in [0.29, 0.717) is 0 Å². The molecule has 1 saturated heterocycles. The summed E-state index contributed by atoms with van der Waals surface area (Å²) < 4.78 is 4.69. The summed E-state index contributed by atoms with van der Waals surface area (Å²) in [7, 11) is 0. The fraction of sp³-hybridized carbons (Fsp3) is 1.00. The van der Waals surface area contributed by atoms with Gasteiger partial charge in [0.25, 0.3) is 0 Å². The normalized spacial score (nSPS) is 32.8. The minimum Gasteiger partial charge on any atom is -1.00 e. The Labute approximate surface area is 127 Å². The number of ether oxygens (including phenoxy) is 1. The van der Waals surface area contributed by atoms with E-state index >= 15 is 0 Å². The molecule has 0 aromatic rings. The van der Waals surface area contributed by atoms with Crippen LogP contribution in [0, 0.1) is 0 Å². The molecule has 5 nitrogen and oxygen atoms in total. The van der Waals surface area contributed by atoms with Crippen LogP contribution in [0.5, 0.6) is 0 Å². The van der Waals surface area contributed by atoms with Crippen molar-refractivity contribution in [2.24, 2.45) is 5.73 Å². The number of aliphatic hydroxyl groups is 3. The number of nitrogens with two attached hydrogens (primary N) is 1. The van der Waals surface area contributed by atoms with Gasteiger partial charge >= 0.3 is 21.1 Å². The molecule has 0 spiro atoms. The molecule has 5 N–H and O–H groups in total. The summed E-state index contributed by atoms with van der Waals surface area (Å²) >= 11 is 0. The maximum Gasteiger partial charge on any atom is 4.00 e. The molecule has 0 aromatic carbocycles. The van der Waals surface area contributed by atoms with E-state index in [1.54, 1.807) is 0 Å². The summed E-state index contributed by atoms with van der Waals surface area (Å²) in [5, 5.41) is 26.8. The van der Waals surface area contributed by atoms with Gasteiger partial charge in [-0.05, 0) is 0 Å². The second-order valence-electron chi connectivity index (χ2n) is 2.35. The van der Waals surface area contributed by atoms with Gasteiger partial charge in [0.2, 0.25) is 0 Å². The summed E-state index contributed by atoms with van der Waals surface area (Å²) in [6.45, 7) is -0.0284. The Kier molecular flexibility index (Phi) is 27.5. The molecule has 1 aliphatic heterocycles. The van der Waals surface area contributed by atoms with Gasteiger partial charge in [-0.15, -0.1) is 0 Å². The van der Waals surface area contributed by atoms with Crippen molar-refractivity contribution in [3.63, 3.8) is 0 Å². The minimum atomic E-state index is -1.19. The van der Waals surface area contributed by atoms with Crippen LogP contribution in [0.15, 0.2) is 0 Å². The molecule has 1 fully saturated rings. The fourth-order valence-electron chi connectivity index (χ4n) is 0.829. The summed E-state index contributed by atoms with van der Waals surface area (Å²) in [5.41, 5.74) is 5.19. The molecule has 98 valence electrons. The van der Waals surface area contributed by atoms with Crippen molar-refractivity contribution >= 4 is 0 Å². The van der Waals surface area contributed by atoms with Crippen molar-refractivity contribution in [2.75, 3.05) is 6.61 Å². The third-order valence-electron chi connectivity index (χ3n) is 1.54. The molecule has 1 rings (SSSR count). The summed E-state index contributed by atoms with van der Waals surface area (Å²) in [6.07, 6.45) is -4.30. The standard InChI is InChI=1S/C5H11NO4.4ClH.Pt/c6-5-4(9)3(8)2(7)1-10-5;;;;;/h2-5,7-9H,1,6H2;4*1H;/q;;;;;+4/p-4/t2-,3+,4+,5+;;;;;/m1...../s1. The fourth-order valence-corrected chi connectivity index (χ4v) is 0.829. The molecule has 0 saturated carbocycles. The van der Waals surface area contributed by atoms with Crippen LogP contribution in [0.3, 0.4) is 0 Å². The van der Waals surface area contributed by atoms with Crippen LogP contribution in [-0.2, 0) is 25.8 Å². The van der Waals surface area contributed by atoms with Crippen LogP contribution in [0.25, 0.3) is 0 Å². The van der Waals surface area contributed by atoms with Crippen molar-refractivity contribution in [2.45, 2.75) is 24.5 Å². The van der Waals surface area contributed by atoms with Crippen molar-refractivity contribution < 1.29 is 90.7 Å². The zero-order valence-corrected chi connectivity index (χ0v) is 12.5. The third kappa shape index (κ3) is 8.38. The quantitative estimate of drug-likeness (QED) is 0.273. The van der Waals surface area contributed by atoms with E-state index in [9.17, 15) is 0 Å². The first-order chi connectivity index (χ1) is 4.63. The molecule has 0 amide bonds. The average molecular weight is 486 g/mol. The van der Waals surface area contributed by atoms with Crippen LogP contribution in [-0.4, -0.2) is 46.5 Å². The minimum absolute atomic E-state index is 0. The summed E-state index contributed by atoms with van der Waals surface area (Å²) in [6, 6.07) is 0. The van der Waals surface area contributed by atoms with E-state index in [0.717, 1.165) is 0 Å². The largest absolute Gasteiger partial charge is 4.00 e. The predicted octanol–water partition coefficient (Wildman–Crippen LogP) is -14.6. The first kappa shape index (κ1) is 30.0. The van der Waals surface area contributed by atoms with Crippen LogP contribution in [0.2, 0.25) is 0 Å². The second kappa shape index (κ2) is 13.7. The molecular weight excluding hydrogens is 475 g/mol. The van der Waals surface area contributed by atoms with Gasteiger partial charge in [0.05, 0.1) is 6.61 Å². The molecule has 4 atom stereocenters. The number of halogens is 4. The van der Waals surface area contributed by atoms with Gasteiger partial charge in [-0.25, -0.2) is 0 Å². The first-order valence-corrected chi connectivity index (χ1v) is 3.04. The number of hydrogen-bond donors (Lipinski definition) is 4. The number of aliphatic hydroxyl groups excluding tert-OH is 3. The van der Waals surface area contributed by atoms with Crippen LogP contribution in [0.1, 0.15) is 0 Å². The van der Waals surface area contributed by atoms with Crippen LogP contribution >= 0.6 is 0 Å². The Bertz CT molecular complexity index is 124. The van der Waals surface area contributed by atoms with Crippen LogP contribution in [0.4, 0.5) is 0 Å². The molecule has 10 heteroatoms. The van der Waals surface area contributed by atoms with Crippen molar-refractivity contribution in [1.29, 1.82) is 0 Å². The number of hydrogen-bond acceptors (Lipinski definition) is 5. The average Bonchev–Trinajstić information content (AvgIpc) is 1.93.